The maximum atomic E-state index is 12.7. The molecule has 0 atom stereocenters. The average Bonchev–Trinajstić information content (AvgIpc) is 3.22. The van der Waals surface area contributed by atoms with E-state index in [2.05, 4.69) is 15.2 Å². The van der Waals surface area contributed by atoms with Crippen LogP contribution in [0.5, 0.6) is 0 Å². The molecule has 3 heterocycles. The maximum absolute atomic E-state index is 12.7. The van der Waals surface area contributed by atoms with Gasteiger partial charge in [0.15, 0.2) is 11.3 Å². The lowest BCUT2D eigenvalue weighted by molar-refractivity contribution is 0.0761. The van der Waals surface area contributed by atoms with Crippen LogP contribution in [-0.2, 0) is 0 Å². The lowest BCUT2D eigenvalue weighted by atomic mass is 10.3. The second-order valence-electron chi connectivity index (χ2n) is 6.11. The van der Waals surface area contributed by atoms with Crippen LogP contribution in [0.4, 0.5) is 14.8 Å². The Labute approximate surface area is 147 Å². The van der Waals surface area contributed by atoms with E-state index in [1.54, 1.807) is 4.90 Å². The molecule has 0 saturated carbocycles. The Kier molecular flexibility index (Phi) is 4.27. The topological polar surface area (TPSA) is 78.3 Å². The van der Waals surface area contributed by atoms with Gasteiger partial charge < -0.3 is 14.2 Å². The summed E-state index contributed by atoms with van der Waals surface area (Å²) in [4.78, 5) is 20.6. The number of benzene rings is 1. The number of carbonyl (C=O) groups excluding carboxylic acids is 1. The number of anilines is 1. The number of nitrogens with one attached hydrogen (secondary N) is 1. The molecule has 1 fully saturated rings. The number of H-pyrrole nitrogens is 1. The van der Waals surface area contributed by atoms with Crippen molar-refractivity contribution in [3.05, 3.63) is 41.7 Å². The summed E-state index contributed by atoms with van der Waals surface area (Å²) in [5, 5.41) is 5.92. The number of nitrogens with zero attached hydrogens (tertiary/aromatic N) is 4. The van der Waals surface area contributed by atoms with Gasteiger partial charge in [-0.25, -0.2) is 8.78 Å². The molecule has 1 saturated heterocycles. The molecule has 0 aliphatic carbocycles. The van der Waals surface area contributed by atoms with Gasteiger partial charge in [-0.05, 0) is 24.6 Å². The molecule has 4 rings (SSSR count). The number of oxazole rings is 1. The number of fused-ring (bicyclic) bond motifs is 1. The summed E-state index contributed by atoms with van der Waals surface area (Å²) in [5.74, 6) is -0.354. The van der Waals surface area contributed by atoms with Crippen LogP contribution in [0.3, 0.4) is 0 Å². The Morgan fingerprint density at radius 2 is 2.04 bits per heavy atom. The zero-order valence-electron chi connectivity index (χ0n) is 13.9. The Morgan fingerprint density at radius 3 is 2.81 bits per heavy atom. The summed E-state index contributed by atoms with van der Waals surface area (Å²) in [5.41, 5.74) is 1.17. The zero-order valence-corrected chi connectivity index (χ0v) is 13.9. The normalized spacial score (nSPS) is 15.7. The van der Waals surface area contributed by atoms with E-state index < -0.39 is 6.43 Å². The van der Waals surface area contributed by atoms with Crippen LogP contribution in [0.1, 0.15) is 29.0 Å². The third-order valence-electron chi connectivity index (χ3n) is 4.39. The molecule has 1 amide bonds. The molecular weight excluding hydrogens is 344 g/mol. The van der Waals surface area contributed by atoms with Crippen LogP contribution in [0.15, 0.2) is 34.7 Å². The fourth-order valence-corrected chi connectivity index (χ4v) is 3.03. The number of hydrogen-bond donors (Lipinski definition) is 1. The molecule has 3 aromatic rings. The highest BCUT2D eigenvalue weighted by molar-refractivity contribution is 5.92. The Morgan fingerprint density at radius 1 is 1.19 bits per heavy atom. The van der Waals surface area contributed by atoms with Crippen LogP contribution < -0.4 is 4.90 Å². The number of carbonyl (C=O) groups is 1. The Hall–Kier alpha value is -2.97. The van der Waals surface area contributed by atoms with Crippen LogP contribution in [0.2, 0.25) is 0 Å². The first kappa shape index (κ1) is 16.5. The largest absolute Gasteiger partial charge is 0.423 e. The summed E-state index contributed by atoms with van der Waals surface area (Å²) >= 11 is 0. The fraction of sp³-hybridized carbons (Fsp3) is 0.353. The number of aromatic amines is 1. The SMILES string of the molecule is O=C(c1cc(C(F)F)[nH]n1)N1CCCN(c2nc3ccccc3o2)CC1. The Balaban J connectivity index is 1.46. The second kappa shape index (κ2) is 6.74. The summed E-state index contributed by atoms with van der Waals surface area (Å²) in [7, 11) is 0. The van der Waals surface area contributed by atoms with Crippen LogP contribution in [0, 0.1) is 0 Å². The molecule has 9 heteroatoms. The lowest BCUT2D eigenvalue weighted by Gasteiger charge is -2.20. The first-order valence-corrected chi connectivity index (χ1v) is 8.35. The minimum atomic E-state index is -2.68. The van der Waals surface area contributed by atoms with Gasteiger partial charge in [0.05, 0.1) is 0 Å². The Bertz CT molecular complexity index is 890. The van der Waals surface area contributed by atoms with E-state index in [9.17, 15) is 13.6 Å². The minimum absolute atomic E-state index is 0.00983. The minimum Gasteiger partial charge on any atom is -0.423 e. The highest BCUT2D eigenvalue weighted by atomic mass is 19.3. The predicted molar refractivity (Wildman–Crippen MR) is 90.3 cm³/mol. The van der Waals surface area contributed by atoms with E-state index in [0.717, 1.165) is 23.6 Å². The maximum Gasteiger partial charge on any atom is 0.298 e. The third kappa shape index (κ3) is 3.12. The van der Waals surface area contributed by atoms with Gasteiger partial charge in [0.1, 0.15) is 11.2 Å². The number of rotatable bonds is 3. The zero-order chi connectivity index (χ0) is 18.1. The van der Waals surface area contributed by atoms with Gasteiger partial charge in [-0.2, -0.15) is 10.1 Å². The van der Waals surface area contributed by atoms with Crippen LogP contribution in [-0.4, -0.2) is 52.2 Å². The molecule has 0 unspecified atom stereocenters. The van der Waals surface area contributed by atoms with E-state index in [4.69, 9.17) is 4.42 Å². The number of amides is 1. The summed E-state index contributed by atoms with van der Waals surface area (Å²) in [6.45, 7) is 2.20. The molecule has 136 valence electrons. The number of halogens is 2. The number of alkyl halides is 2. The first-order valence-electron chi connectivity index (χ1n) is 8.35. The highest BCUT2D eigenvalue weighted by Gasteiger charge is 2.25. The van der Waals surface area contributed by atoms with Crippen LogP contribution >= 0.6 is 0 Å². The first-order chi connectivity index (χ1) is 12.6. The second-order valence-corrected chi connectivity index (χ2v) is 6.11. The summed E-state index contributed by atoms with van der Waals surface area (Å²) < 4.78 is 31.1. The molecule has 0 bridgehead atoms. The van der Waals surface area contributed by atoms with Crippen LogP contribution in [0.25, 0.3) is 11.1 Å². The smallest absolute Gasteiger partial charge is 0.298 e. The van der Waals surface area contributed by atoms with E-state index >= 15 is 0 Å². The van der Waals surface area contributed by atoms with E-state index in [1.807, 2.05) is 29.2 Å². The van der Waals surface area contributed by atoms with Crippen molar-refractivity contribution in [1.29, 1.82) is 0 Å². The molecule has 1 N–H and O–H groups in total. The molecule has 0 radical (unpaired) electrons. The molecular formula is C17H17F2N5O2. The molecule has 1 aliphatic rings. The van der Waals surface area contributed by atoms with Gasteiger partial charge >= 0.3 is 0 Å². The number of hydrogen-bond acceptors (Lipinski definition) is 5. The third-order valence-corrected chi connectivity index (χ3v) is 4.39. The van der Waals surface area contributed by atoms with Gasteiger partial charge in [0.2, 0.25) is 0 Å². The quantitative estimate of drug-likeness (QED) is 0.776. The van der Waals surface area contributed by atoms with Gasteiger partial charge in [-0.3, -0.25) is 9.89 Å². The van der Waals surface area contributed by atoms with Gasteiger partial charge in [0, 0.05) is 26.2 Å². The highest BCUT2D eigenvalue weighted by Crippen LogP contribution is 2.23. The monoisotopic (exact) mass is 361 g/mol. The standard InChI is InChI=1S/C17H17F2N5O2/c18-15(19)12-10-13(22-21-12)16(25)23-6-3-7-24(9-8-23)17-20-11-4-1-2-5-14(11)26-17/h1-2,4-5,10,15H,3,6-9H2,(H,21,22). The molecule has 7 nitrogen and oxygen atoms in total. The molecule has 1 aromatic carbocycles. The molecule has 2 aromatic heterocycles. The predicted octanol–water partition coefficient (Wildman–Crippen LogP) is 2.84. The van der Waals surface area contributed by atoms with E-state index in [0.29, 0.717) is 32.2 Å². The van der Waals surface area contributed by atoms with Crippen molar-refractivity contribution < 1.29 is 18.0 Å². The van der Waals surface area contributed by atoms with Gasteiger partial charge in [0.25, 0.3) is 18.3 Å². The lowest BCUT2D eigenvalue weighted by Crippen LogP contribution is -2.35. The van der Waals surface area contributed by atoms with E-state index in [1.165, 1.54) is 0 Å². The number of para-hydroxylation sites is 2. The van der Waals surface area contributed by atoms with Gasteiger partial charge in [-0.15, -0.1) is 0 Å². The van der Waals surface area contributed by atoms with E-state index in [-0.39, 0.29) is 17.3 Å². The number of aromatic nitrogens is 3. The van der Waals surface area contributed by atoms with Crippen molar-refractivity contribution in [2.45, 2.75) is 12.8 Å². The van der Waals surface area contributed by atoms with Crippen molar-refractivity contribution in [2.24, 2.45) is 0 Å². The summed E-state index contributed by atoms with van der Waals surface area (Å²) in [6.07, 6.45) is -1.96. The van der Waals surface area contributed by atoms with Crippen molar-refractivity contribution in [3.8, 4) is 0 Å². The summed E-state index contributed by atoms with van der Waals surface area (Å²) in [6, 6.07) is 9.16. The van der Waals surface area contributed by atoms with Crippen molar-refractivity contribution in [1.82, 2.24) is 20.1 Å². The molecule has 1 aliphatic heterocycles. The average molecular weight is 361 g/mol. The van der Waals surface area contributed by atoms with Crippen molar-refractivity contribution in [3.63, 3.8) is 0 Å². The molecule has 0 spiro atoms. The fourth-order valence-electron chi connectivity index (χ4n) is 3.03. The van der Waals surface area contributed by atoms with Crippen molar-refractivity contribution >= 4 is 23.0 Å². The van der Waals surface area contributed by atoms with Crippen molar-refractivity contribution in [2.75, 3.05) is 31.1 Å². The molecule has 26 heavy (non-hydrogen) atoms. The van der Waals surface area contributed by atoms with Gasteiger partial charge in [-0.1, -0.05) is 12.1 Å².